The SMILES string of the molecule is CO/C=C1\CCC(c2cc(F)c(C(F)(F)Oc3cc(F)c(F)c(F)c3)c(F)c2)OC1. The van der Waals surface area contributed by atoms with Gasteiger partial charge in [-0.3, -0.25) is 0 Å². The van der Waals surface area contributed by atoms with Crippen LogP contribution in [0.5, 0.6) is 5.75 Å². The summed E-state index contributed by atoms with van der Waals surface area (Å²) in [7, 11) is 1.46. The molecule has 1 aliphatic heterocycles. The average molecular weight is 436 g/mol. The van der Waals surface area contributed by atoms with E-state index in [-0.39, 0.29) is 24.3 Å². The van der Waals surface area contributed by atoms with E-state index < -0.39 is 52.6 Å². The third-order valence-electron chi connectivity index (χ3n) is 4.41. The van der Waals surface area contributed by atoms with Gasteiger partial charge in [-0.05, 0) is 36.1 Å². The van der Waals surface area contributed by atoms with Gasteiger partial charge in [0.15, 0.2) is 17.5 Å². The number of alkyl halides is 2. The van der Waals surface area contributed by atoms with Crippen LogP contribution in [0.4, 0.5) is 30.7 Å². The Bertz CT molecular complexity index is 919. The Morgan fingerprint density at radius 1 is 0.967 bits per heavy atom. The summed E-state index contributed by atoms with van der Waals surface area (Å²) in [5, 5.41) is 0. The quantitative estimate of drug-likeness (QED) is 0.332. The Labute approximate surface area is 166 Å². The Morgan fingerprint density at radius 3 is 2.07 bits per heavy atom. The molecule has 1 fully saturated rings. The highest BCUT2D eigenvalue weighted by Crippen LogP contribution is 2.38. The molecule has 0 aromatic heterocycles. The summed E-state index contributed by atoms with van der Waals surface area (Å²) in [5.74, 6) is -9.92. The lowest BCUT2D eigenvalue weighted by Crippen LogP contribution is -2.26. The second kappa shape index (κ2) is 8.55. The number of rotatable bonds is 5. The Balaban J connectivity index is 1.85. The summed E-state index contributed by atoms with van der Waals surface area (Å²) in [6, 6.07) is 1.63. The number of benzene rings is 2. The molecule has 1 saturated heterocycles. The van der Waals surface area contributed by atoms with Gasteiger partial charge in [-0.25, -0.2) is 22.0 Å². The lowest BCUT2D eigenvalue weighted by molar-refractivity contribution is -0.189. The first kappa shape index (κ1) is 21.9. The highest BCUT2D eigenvalue weighted by atomic mass is 19.3. The lowest BCUT2D eigenvalue weighted by atomic mass is 9.97. The summed E-state index contributed by atoms with van der Waals surface area (Å²) in [4.78, 5) is 0. The minimum absolute atomic E-state index is 0.000104. The fraction of sp³-hybridized carbons (Fsp3) is 0.300. The molecule has 0 spiro atoms. The summed E-state index contributed by atoms with van der Waals surface area (Å²) < 4.78 is 111. The van der Waals surface area contributed by atoms with Crippen molar-refractivity contribution in [1.29, 1.82) is 0 Å². The van der Waals surface area contributed by atoms with Crippen molar-refractivity contribution in [3.8, 4) is 5.75 Å². The Hall–Kier alpha value is -2.75. The maximum Gasteiger partial charge on any atom is 0.432 e. The normalized spacial score (nSPS) is 18.5. The highest BCUT2D eigenvalue weighted by Gasteiger charge is 2.42. The largest absolute Gasteiger partial charge is 0.504 e. The van der Waals surface area contributed by atoms with Gasteiger partial charge in [-0.1, -0.05) is 0 Å². The van der Waals surface area contributed by atoms with Crippen LogP contribution < -0.4 is 4.74 Å². The van der Waals surface area contributed by atoms with Gasteiger partial charge in [-0.2, -0.15) is 8.78 Å². The van der Waals surface area contributed by atoms with Crippen molar-refractivity contribution in [1.82, 2.24) is 0 Å². The van der Waals surface area contributed by atoms with Crippen LogP contribution in [0.3, 0.4) is 0 Å². The van der Waals surface area contributed by atoms with E-state index in [1.807, 2.05) is 0 Å². The van der Waals surface area contributed by atoms with Crippen LogP contribution in [-0.2, 0) is 15.6 Å². The lowest BCUT2D eigenvalue weighted by Gasteiger charge is -2.26. The molecule has 0 N–H and O–H groups in total. The molecule has 162 valence electrons. The molecular weight excluding hydrogens is 421 g/mol. The van der Waals surface area contributed by atoms with Gasteiger partial charge in [0.25, 0.3) is 0 Å². The zero-order valence-electron chi connectivity index (χ0n) is 15.5. The van der Waals surface area contributed by atoms with Crippen LogP contribution >= 0.6 is 0 Å². The smallest absolute Gasteiger partial charge is 0.432 e. The second-order valence-corrected chi connectivity index (χ2v) is 6.53. The molecule has 10 heteroatoms. The predicted octanol–water partition coefficient (Wildman–Crippen LogP) is 5.89. The Morgan fingerprint density at radius 2 is 1.57 bits per heavy atom. The summed E-state index contributed by atoms with van der Waals surface area (Å²) in [6.45, 7) is 0.143. The van der Waals surface area contributed by atoms with Gasteiger partial charge in [0.05, 0.1) is 26.1 Å². The summed E-state index contributed by atoms with van der Waals surface area (Å²) in [5.41, 5.74) is -0.933. The van der Waals surface area contributed by atoms with Gasteiger partial charge in [0.2, 0.25) is 0 Å². The van der Waals surface area contributed by atoms with Gasteiger partial charge >= 0.3 is 6.11 Å². The molecule has 2 aromatic carbocycles. The summed E-state index contributed by atoms with van der Waals surface area (Å²) >= 11 is 0. The average Bonchev–Trinajstić information content (AvgIpc) is 2.65. The van der Waals surface area contributed by atoms with E-state index >= 15 is 0 Å². The molecule has 3 nitrogen and oxygen atoms in total. The second-order valence-electron chi connectivity index (χ2n) is 6.53. The van der Waals surface area contributed by atoms with E-state index in [4.69, 9.17) is 9.47 Å². The molecule has 1 aliphatic rings. The first-order valence-corrected chi connectivity index (χ1v) is 8.65. The van der Waals surface area contributed by atoms with Crippen LogP contribution in [0, 0.1) is 29.1 Å². The van der Waals surface area contributed by atoms with Gasteiger partial charge < -0.3 is 14.2 Å². The minimum atomic E-state index is -4.63. The molecule has 2 aromatic rings. The molecule has 0 radical (unpaired) electrons. The fourth-order valence-electron chi connectivity index (χ4n) is 3.05. The fourth-order valence-corrected chi connectivity index (χ4v) is 3.05. The predicted molar refractivity (Wildman–Crippen MR) is 90.2 cm³/mol. The van der Waals surface area contributed by atoms with Crippen molar-refractivity contribution in [2.75, 3.05) is 13.7 Å². The number of halogens is 7. The van der Waals surface area contributed by atoms with Gasteiger partial charge in [0, 0.05) is 12.1 Å². The van der Waals surface area contributed by atoms with Crippen molar-refractivity contribution < 1.29 is 44.9 Å². The van der Waals surface area contributed by atoms with Crippen LogP contribution in [-0.4, -0.2) is 13.7 Å². The minimum Gasteiger partial charge on any atom is -0.504 e. The van der Waals surface area contributed by atoms with Crippen molar-refractivity contribution in [2.24, 2.45) is 0 Å². The van der Waals surface area contributed by atoms with Crippen molar-refractivity contribution >= 4 is 0 Å². The zero-order valence-corrected chi connectivity index (χ0v) is 15.5. The van der Waals surface area contributed by atoms with E-state index in [9.17, 15) is 30.7 Å². The van der Waals surface area contributed by atoms with E-state index in [1.54, 1.807) is 0 Å². The topological polar surface area (TPSA) is 27.7 Å². The highest BCUT2D eigenvalue weighted by molar-refractivity contribution is 5.32. The molecule has 0 aliphatic carbocycles. The third-order valence-corrected chi connectivity index (χ3v) is 4.41. The molecule has 0 bridgehead atoms. The van der Waals surface area contributed by atoms with Crippen LogP contribution in [0.2, 0.25) is 0 Å². The number of hydrogen-bond donors (Lipinski definition) is 0. The molecule has 1 unspecified atom stereocenters. The zero-order chi connectivity index (χ0) is 22.1. The number of methoxy groups -OCH3 is 1. The molecule has 1 atom stereocenters. The van der Waals surface area contributed by atoms with Crippen molar-refractivity contribution in [2.45, 2.75) is 25.1 Å². The standard InChI is InChI=1S/C20H15F7O3/c1-28-8-10-2-3-17(29-9-10)11-4-13(21)18(14(22)5-11)20(26,27)30-12-6-15(23)19(25)16(24)7-12/h4-8,17H,2-3,9H2,1H3/b10-8+. The molecule has 3 rings (SSSR count). The van der Waals surface area contributed by atoms with E-state index in [2.05, 4.69) is 4.74 Å². The molecule has 1 heterocycles. The third kappa shape index (κ3) is 4.53. The van der Waals surface area contributed by atoms with Crippen molar-refractivity contribution in [3.05, 3.63) is 76.3 Å². The molecule has 0 saturated carbocycles. The first-order valence-electron chi connectivity index (χ1n) is 8.65. The Kier molecular flexibility index (Phi) is 6.25. The number of hydrogen-bond acceptors (Lipinski definition) is 3. The summed E-state index contributed by atoms with van der Waals surface area (Å²) in [6.07, 6.45) is -3.02. The van der Waals surface area contributed by atoms with E-state index in [1.165, 1.54) is 13.4 Å². The number of ether oxygens (including phenoxy) is 3. The van der Waals surface area contributed by atoms with E-state index in [0.717, 1.165) is 5.57 Å². The first-order chi connectivity index (χ1) is 14.1. The van der Waals surface area contributed by atoms with Gasteiger partial charge in [-0.15, -0.1) is 0 Å². The molecular formula is C20H15F7O3. The van der Waals surface area contributed by atoms with Crippen LogP contribution in [0.15, 0.2) is 36.1 Å². The molecule has 30 heavy (non-hydrogen) atoms. The van der Waals surface area contributed by atoms with Crippen LogP contribution in [0.1, 0.15) is 30.1 Å². The van der Waals surface area contributed by atoms with Crippen molar-refractivity contribution in [3.63, 3.8) is 0 Å². The monoisotopic (exact) mass is 436 g/mol. The van der Waals surface area contributed by atoms with Crippen LogP contribution in [0.25, 0.3) is 0 Å². The molecule has 0 amide bonds. The maximum absolute atomic E-state index is 14.4. The maximum atomic E-state index is 14.4. The van der Waals surface area contributed by atoms with Gasteiger partial charge in [0.1, 0.15) is 22.9 Å². The van der Waals surface area contributed by atoms with E-state index in [0.29, 0.717) is 25.0 Å².